The van der Waals surface area contributed by atoms with E-state index in [4.69, 9.17) is 4.74 Å². The highest BCUT2D eigenvalue weighted by Crippen LogP contribution is 2.33. The van der Waals surface area contributed by atoms with Gasteiger partial charge in [-0.25, -0.2) is 17.7 Å². The highest BCUT2D eigenvalue weighted by Gasteiger charge is 2.41. The molecule has 23 heavy (non-hydrogen) atoms. The first-order valence-corrected chi connectivity index (χ1v) is 8.87. The monoisotopic (exact) mass is 353 g/mol. The largest absolute Gasteiger partial charge is 0.434 e. The van der Waals surface area contributed by atoms with Crippen LogP contribution in [0.15, 0.2) is 6.20 Å². The van der Waals surface area contributed by atoms with Crippen molar-refractivity contribution in [3.05, 3.63) is 17.7 Å². The molecule has 0 saturated carbocycles. The highest BCUT2D eigenvalue weighted by atomic mass is 32.2. The molecule has 3 rings (SSSR count). The Balaban J connectivity index is 1.80. The van der Waals surface area contributed by atoms with Crippen LogP contribution in [-0.4, -0.2) is 53.8 Å². The number of sulfonamides is 1. The van der Waals surface area contributed by atoms with Crippen LogP contribution in [0.5, 0.6) is 0 Å². The maximum atomic E-state index is 12.8. The Labute approximate surface area is 132 Å². The number of hydrogen-bond acceptors (Lipinski definition) is 4. The van der Waals surface area contributed by atoms with Gasteiger partial charge in [0.05, 0.1) is 13.2 Å². The van der Waals surface area contributed by atoms with E-state index in [1.807, 2.05) is 0 Å². The SMILES string of the molecule is Cn1cc(C(F)(F)F)nc1C1CCCN(S(=O)(=O)C2COC2)C1. The number of aryl methyl sites for hydroxylation is 1. The van der Waals surface area contributed by atoms with Crippen molar-refractivity contribution >= 4 is 10.0 Å². The van der Waals surface area contributed by atoms with Crippen molar-refractivity contribution < 1.29 is 26.3 Å². The lowest BCUT2D eigenvalue weighted by atomic mass is 9.99. The molecule has 0 radical (unpaired) electrons. The van der Waals surface area contributed by atoms with Crippen molar-refractivity contribution in [2.45, 2.75) is 30.2 Å². The molecule has 0 aliphatic carbocycles. The Morgan fingerprint density at radius 1 is 1.35 bits per heavy atom. The Hall–Kier alpha value is -1.13. The number of ether oxygens (including phenoxy) is 1. The number of halogens is 3. The van der Waals surface area contributed by atoms with Gasteiger partial charge in [0.15, 0.2) is 5.69 Å². The third-order valence-electron chi connectivity index (χ3n) is 4.34. The summed E-state index contributed by atoms with van der Waals surface area (Å²) < 4.78 is 70.8. The second-order valence-electron chi connectivity index (χ2n) is 5.99. The zero-order valence-corrected chi connectivity index (χ0v) is 13.4. The van der Waals surface area contributed by atoms with Crippen molar-refractivity contribution in [1.82, 2.24) is 13.9 Å². The fourth-order valence-corrected chi connectivity index (χ4v) is 4.71. The van der Waals surface area contributed by atoms with E-state index in [1.54, 1.807) is 0 Å². The van der Waals surface area contributed by atoms with Crippen LogP contribution < -0.4 is 0 Å². The molecule has 2 fully saturated rings. The van der Waals surface area contributed by atoms with Crippen molar-refractivity contribution in [2.24, 2.45) is 7.05 Å². The van der Waals surface area contributed by atoms with Crippen LogP contribution in [0.4, 0.5) is 13.2 Å². The molecule has 0 bridgehead atoms. The predicted molar refractivity (Wildman–Crippen MR) is 75.3 cm³/mol. The van der Waals surface area contributed by atoms with Crippen LogP contribution in [0.25, 0.3) is 0 Å². The molecule has 3 heterocycles. The van der Waals surface area contributed by atoms with Crippen LogP contribution in [0.1, 0.15) is 30.3 Å². The topological polar surface area (TPSA) is 64.4 Å². The van der Waals surface area contributed by atoms with Crippen molar-refractivity contribution in [3.8, 4) is 0 Å². The number of aromatic nitrogens is 2. The van der Waals surface area contributed by atoms with E-state index in [2.05, 4.69) is 4.98 Å². The summed E-state index contributed by atoms with van der Waals surface area (Å²) in [4.78, 5) is 3.69. The molecule has 1 aromatic heterocycles. The van der Waals surface area contributed by atoms with Gasteiger partial charge in [-0.15, -0.1) is 0 Å². The van der Waals surface area contributed by atoms with E-state index in [0.717, 1.165) is 6.20 Å². The summed E-state index contributed by atoms with van der Waals surface area (Å²) >= 11 is 0. The number of alkyl halides is 3. The molecule has 1 unspecified atom stereocenters. The first-order chi connectivity index (χ1) is 10.7. The summed E-state index contributed by atoms with van der Waals surface area (Å²) in [6, 6.07) is 0. The molecular formula is C13H18F3N3O3S. The molecule has 2 aliphatic rings. The van der Waals surface area contributed by atoms with Gasteiger partial charge in [0, 0.05) is 32.3 Å². The zero-order chi connectivity index (χ0) is 16.8. The lowest BCUT2D eigenvalue weighted by molar-refractivity contribution is -0.141. The number of imidazole rings is 1. The maximum Gasteiger partial charge on any atom is 0.434 e. The minimum atomic E-state index is -4.50. The Morgan fingerprint density at radius 2 is 2.04 bits per heavy atom. The van der Waals surface area contributed by atoms with E-state index in [-0.39, 0.29) is 31.5 Å². The Bertz CT molecular complexity index is 682. The van der Waals surface area contributed by atoms with Crippen LogP contribution in [0.3, 0.4) is 0 Å². The van der Waals surface area contributed by atoms with Gasteiger partial charge < -0.3 is 9.30 Å². The normalized spacial score (nSPS) is 24.6. The van der Waals surface area contributed by atoms with Crippen molar-refractivity contribution in [2.75, 3.05) is 26.3 Å². The smallest absolute Gasteiger partial charge is 0.378 e. The second kappa shape index (κ2) is 5.75. The quantitative estimate of drug-likeness (QED) is 0.823. The summed E-state index contributed by atoms with van der Waals surface area (Å²) in [7, 11) is -1.95. The van der Waals surface area contributed by atoms with Gasteiger partial charge in [-0.2, -0.15) is 13.2 Å². The molecule has 0 N–H and O–H groups in total. The minimum absolute atomic E-state index is 0.168. The van der Waals surface area contributed by atoms with Crippen LogP contribution in [-0.2, 0) is 28.0 Å². The van der Waals surface area contributed by atoms with Gasteiger partial charge in [0.1, 0.15) is 11.1 Å². The molecule has 1 aromatic rings. The fourth-order valence-electron chi connectivity index (χ4n) is 2.98. The van der Waals surface area contributed by atoms with Crippen LogP contribution in [0, 0.1) is 0 Å². The number of nitrogens with zero attached hydrogens (tertiary/aromatic N) is 3. The van der Waals surface area contributed by atoms with Gasteiger partial charge in [0.2, 0.25) is 10.0 Å². The second-order valence-corrected chi connectivity index (χ2v) is 8.21. The number of hydrogen-bond donors (Lipinski definition) is 0. The summed E-state index contributed by atoms with van der Waals surface area (Å²) in [5.41, 5.74) is -0.942. The molecule has 0 spiro atoms. The van der Waals surface area contributed by atoms with E-state index in [0.29, 0.717) is 19.4 Å². The first kappa shape index (κ1) is 16.7. The Morgan fingerprint density at radius 3 is 2.57 bits per heavy atom. The molecule has 10 heteroatoms. The van der Waals surface area contributed by atoms with Gasteiger partial charge in [-0.05, 0) is 12.8 Å². The maximum absolute atomic E-state index is 12.8. The predicted octanol–water partition coefficient (Wildman–Crippen LogP) is 1.35. The number of rotatable bonds is 3. The van der Waals surface area contributed by atoms with Crippen LogP contribution >= 0.6 is 0 Å². The molecule has 2 saturated heterocycles. The van der Waals surface area contributed by atoms with Gasteiger partial charge >= 0.3 is 6.18 Å². The molecular weight excluding hydrogens is 335 g/mol. The lowest BCUT2D eigenvalue weighted by Gasteiger charge is -2.36. The summed E-state index contributed by atoms with van der Waals surface area (Å²) in [5.74, 6) is -0.0531. The van der Waals surface area contributed by atoms with E-state index in [9.17, 15) is 21.6 Å². The molecule has 1 atom stereocenters. The summed E-state index contributed by atoms with van der Waals surface area (Å²) in [6.45, 7) is 0.932. The molecule has 130 valence electrons. The van der Waals surface area contributed by atoms with Gasteiger partial charge in [-0.1, -0.05) is 0 Å². The van der Waals surface area contributed by atoms with Crippen LogP contribution in [0.2, 0.25) is 0 Å². The van der Waals surface area contributed by atoms with E-state index in [1.165, 1.54) is 15.9 Å². The average Bonchev–Trinajstić information content (AvgIpc) is 2.78. The number of piperidine rings is 1. The van der Waals surface area contributed by atoms with E-state index >= 15 is 0 Å². The van der Waals surface area contributed by atoms with Crippen molar-refractivity contribution in [3.63, 3.8) is 0 Å². The van der Waals surface area contributed by atoms with Gasteiger partial charge in [0.25, 0.3) is 0 Å². The third kappa shape index (κ3) is 3.11. The highest BCUT2D eigenvalue weighted by molar-refractivity contribution is 7.89. The molecule has 0 aromatic carbocycles. The third-order valence-corrected chi connectivity index (χ3v) is 6.51. The average molecular weight is 353 g/mol. The summed E-state index contributed by atoms with van der Waals surface area (Å²) in [5, 5.41) is -0.534. The molecule has 0 amide bonds. The lowest BCUT2D eigenvalue weighted by Crippen LogP contribution is -2.51. The molecule has 2 aliphatic heterocycles. The fraction of sp³-hybridized carbons (Fsp3) is 0.769. The molecule has 6 nitrogen and oxygen atoms in total. The van der Waals surface area contributed by atoms with E-state index < -0.39 is 27.1 Å². The zero-order valence-electron chi connectivity index (χ0n) is 12.6. The minimum Gasteiger partial charge on any atom is -0.378 e. The van der Waals surface area contributed by atoms with Gasteiger partial charge in [-0.3, -0.25) is 0 Å². The Kier molecular flexibility index (Phi) is 4.18. The summed E-state index contributed by atoms with van der Waals surface area (Å²) in [6.07, 6.45) is -2.33. The first-order valence-electron chi connectivity index (χ1n) is 7.36. The standard InChI is InChI=1S/C13H18F3N3O3S/c1-18-6-11(13(14,15)16)17-12(18)9-3-2-4-19(5-9)23(20,21)10-7-22-8-10/h6,9-10H,2-5,7-8H2,1H3. The van der Waals surface area contributed by atoms with Crippen molar-refractivity contribution in [1.29, 1.82) is 0 Å².